The number of hydrogen-bond acceptors (Lipinski definition) is 2. The molecule has 0 aliphatic rings. The summed E-state index contributed by atoms with van der Waals surface area (Å²) in [6, 6.07) is 10.7. The Kier molecular flexibility index (Phi) is 6.73. The van der Waals surface area contributed by atoms with Crippen LogP contribution in [0.25, 0.3) is 0 Å². The van der Waals surface area contributed by atoms with E-state index in [1.807, 2.05) is 11.8 Å². The minimum atomic E-state index is -1.18. The summed E-state index contributed by atoms with van der Waals surface area (Å²) in [5, 5.41) is 1.47. The molecule has 0 aliphatic carbocycles. The van der Waals surface area contributed by atoms with Gasteiger partial charge < -0.3 is 4.90 Å². The van der Waals surface area contributed by atoms with E-state index in [1.54, 1.807) is 0 Å². The topological polar surface area (TPSA) is 3.24 Å². The highest BCUT2D eigenvalue weighted by Gasteiger charge is 2.14. The standard InChI is InChI=1S/C16H27NSSi/c1-6-17(7-2)16(14-19(3,4)5)18-13-15-11-9-8-10-12-15/h8-12,14H,6-7,13H2,1-5H3. The van der Waals surface area contributed by atoms with E-state index in [1.165, 1.54) is 10.6 Å². The monoisotopic (exact) mass is 293 g/mol. The van der Waals surface area contributed by atoms with Crippen molar-refractivity contribution in [2.24, 2.45) is 0 Å². The smallest absolute Gasteiger partial charge is 0.0721 e. The zero-order valence-electron chi connectivity index (χ0n) is 12.9. The second-order valence-corrected chi connectivity index (χ2v) is 11.8. The maximum Gasteiger partial charge on any atom is 0.0721 e. The first-order valence-corrected chi connectivity index (χ1v) is 11.7. The first-order valence-electron chi connectivity index (χ1n) is 7.10. The Hall–Kier alpha value is -0.673. The molecule has 0 radical (unpaired) electrons. The molecule has 3 heteroatoms. The fourth-order valence-electron chi connectivity index (χ4n) is 1.86. The lowest BCUT2D eigenvalue weighted by Crippen LogP contribution is -2.25. The van der Waals surface area contributed by atoms with Crippen LogP contribution in [0.1, 0.15) is 19.4 Å². The molecule has 0 atom stereocenters. The summed E-state index contributed by atoms with van der Waals surface area (Å²) in [5.41, 5.74) is 3.94. The van der Waals surface area contributed by atoms with Gasteiger partial charge in [-0.15, -0.1) is 11.8 Å². The van der Waals surface area contributed by atoms with Crippen LogP contribution in [0.4, 0.5) is 0 Å². The van der Waals surface area contributed by atoms with Crippen molar-refractivity contribution < 1.29 is 0 Å². The molecule has 1 nitrogen and oxygen atoms in total. The third-order valence-electron chi connectivity index (χ3n) is 2.86. The van der Waals surface area contributed by atoms with Crippen LogP contribution < -0.4 is 0 Å². The van der Waals surface area contributed by atoms with Gasteiger partial charge in [0.25, 0.3) is 0 Å². The summed E-state index contributed by atoms with van der Waals surface area (Å²) < 4.78 is 0. The third kappa shape index (κ3) is 6.35. The molecule has 0 bridgehead atoms. The van der Waals surface area contributed by atoms with Crippen molar-refractivity contribution in [2.75, 3.05) is 13.1 Å². The second-order valence-electron chi connectivity index (χ2n) is 5.80. The number of rotatable bonds is 7. The van der Waals surface area contributed by atoms with Gasteiger partial charge in [-0.3, -0.25) is 0 Å². The van der Waals surface area contributed by atoms with Gasteiger partial charge in [0.1, 0.15) is 0 Å². The molecular formula is C16H27NSSi. The van der Waals surface area contributed by atoms with E-state index in [0.29, 0.717) is 0 Å². The Morgan fingerprint density at radius 3 is 2.16 bits per heavy atom. The quantitative estimate of drug-likeness (QED) is 0.652. The van der Waals surface area contributed by atoms with Crippen molar-refractivity contribution in [1.29, 1.82) is 0 Å². The van der Waals surface area contributed by atoms with E-state index in [-0.39, 0.29) is 0 Å². The van der Waals surface area contributed by atoms with Crippen LogP contribution in [0.3, 0.4) is 0 Å². The number of nitrogens with zero attached hydrogens (tertiary/aromatic N) is 1. The maximum atomic E-state index is 2.54. The minimum absolute atomic E-state index is 1.06. The molecular weight excluding hydrogens is 266 g/mol. The van der Waals surface area contributed by atoms with Crippen LogP contribution in [0.2, 0.25) is 19.6 Å². The first-order chi connectivity index (χ1) is 8.96. The molecule has 0 saturated heterocycles. The zero-order chi connectivity index (χ0) is 14.3. The van der Waals surface area contributed by atoms with Gasteiger partial charge in [0.2, 0.25) is 0 Å². The predicted molar refractivity (Wildman–Crippen MR) is 92.1 cm³/mol. The lowest BCUT2D eigenvalue weighted by molar-refractivity contribution is 0.409. The molecule has 106 valence electrons. The Labute approximate surface area is 124 Å². The molecule has 0 saturated carbocycles. The van der Waals surface area contributed by atoms with Crippen LogP contribution in [-0.4, -0.2) is 26.1 Å². The van der Waals surface area contributed by atoms with E-state index in [0.717, 1.165) is 18.8 Å². The van der Waals surface area contributed by atoms with E-state index in [2.05, 4.69) is 74.4 Å². The molecule has 0 unspecified atom stereocenters. The van der Waals surface area contributed by atoms with Crippen molar-refractivity contribution >= 4 is 19.8 Å². The highest BCUT2D eigenvalue weighted by molar-refractivity contribution is 8.02. The fraction of sp³-hybridized carbons (Fsp3) is 0.500. The molecule has 0 aromatic heterocycles. The van der Waals surface area contributed by atoms with Crippen LogP contribution in [0.15, 0.2) is 41.1 Å². The Balaban J connectivity index is 2.78. The zero-order valence-corrected chi connectivity index (χ0v) is 14.8. The fourth-order valence-corrected chi connectivity index (χ4v) is 5.13. The van der Waals surface area contributed by atoms with Crippen molar-refractivity contribution in [1.82, 2.24) is 4.90 Å². The molecule has 19 heavy (non-hydrogen) atoms. The molecule has 1 aromatic rings. The molecule has 0 fully saturated rings. The number of hydrogen-bond donors (Lipinski definition) is 0. The summed E-state index contributed by atoms with van der Waals surface area (Å²) in [7, 11) is -1.18. The molecule has 0 N–H and O–H groups in total. The lowest BCUT2D eigenvalue weighted by Gasteiger charge is -2.26. The van der Waals surface area contributed by atoms with Gasteiger partial charge in [-0.1, -0.05) is 55.7 Å². The average Bonchev–Trinajstić information content (AvgIpc) is 2.37. The first kappa shape index (κ1) is 16.4. The molecule has 0 heterocycles. The molecule has 0 spiro atoms. The summed E-state index contributed by atoms with van der Waals surface area (Å²) in [6.45, 7) is 13.9. The van der Waals surface area contributed by atoms with Gasteiger partial charge in [0.15, 0.2) is 0 Å². The number of benzene rings is 1. The van der Waals surface area contributed by atoms with E-state index in [4.69, 9.17) is 0 Å². The van der Waals surface area contributed by atoms with Gasteiger partial charge in [-0.25, -0.2) is 0 Å². The Bertz CT molecular complexity index is 391. The highest BCUT2D eigenvalue weighted by Crippen LogP contribution is 2.26. The van der Waals surface area contributed by atoms with Gasteiger partial charge in [0.05, 0.1) is 13.1 Å². The summed E-state index contributed by atoms with van der Waals surface area (Å²) in [5.74, 6) is 1.06. The van der Waals surface area contributed by atoms with Crippen LogP contribution in [-0.2, 0) is 5.75 Å². The molecule has 1 aromatic carbocycles. The van der Waals surface area contributed by atoms with Crippen molar-refractivity contribution in [2.45, 2.75) is 39.2 Å². The van der Waals surface area contributed by atoms with E-state index >= 15 is 0 Å². The van der Waals surface area contributed by atoms with Crippen LogP contribution >= 0.6 is 11.8 Å². The van der Waals surface area contributed by atoms with Crippen molar-refractivity contribution in [3.63, 3.8) is 0 Å². The largest absolute Gasteiger partial charge is 0.367 e. The van der Waals surface area contributed by atoms with Crippen molar-refractivity contribution in [3.8, 4) is 0 Å². The van der Waals surface area contributed by atoms with Gasteiger partial charge in [-0.2, -0.15) is 0 Å². The SMILES string of the molecule is CCN(CC)C(=C[Si](C)(C)C)SCc1ccccc1. The Morgan fingerprint density at radius 2 is 1.68 bits per heavy atom. The van der Waals surface area contributed by atoms with Crippen molar-refractivity contribution in [3.05, 3.63) is 46.6 Å². The Morgan fingerprint density at radius 1 is 1.11 bits per heavy atom. The number of thioether (sulfide) groups is 1. The molecule has 0 amide bonds. The minimum Gasteiger partial charge on any atom is -0.367 e. The van der Waals surface area contributed by atoms with Gasteiger partial charge in [0, 0.05) is 18.8 Å². The van der Waals surface area contributed by atoms with Crippen LogP contribution in [0.5, 0.6) is 0 Å². The summed E-state index contributed by atoms with van der Waals surface area (Å²) >= 11 is 1.98. The van der Waals surface area contributed by atoms with Gasteiger partial charge in [-0.05, 0) is 19.4 Å². The van der Waals surface area contributed by atoms with Gasteiger partial charge >= 0.3 is 0 Å². The predicted octanol–water partition coefficient (Wildman–Crippen LogP) is 4.98. The highest BCUT2D eigenvalue weighted by atomic mass is 32.2. The molecule has 1 rings (SSSR count). The second kappa shape index (κ2) is 7.80. The summed E-state index contributed by atoms with van der Waals surface area (Å²) in [4.78, 5) is 2.48. The van der Waals surface area contributed by atoms with Crippen LogP contribution in [0, 0.1) is 0 Å². The van der Waals surface area contributed by atoms with E-state index in [9.17, 15) is 0 Å². The summed E-state index contributed by atoms with van der Waals surface area (Å²) in [6.07, 6.45) is 0. The molecule has 0 aliphatic heterocycles. The third-order valence-corrected chi connectivity index (χ3v) is 5.36. The normalized spacial score (nSPS) is 12.6. The maximum absolute atomic E-state index is 2.54. The van der Waals surface area contributed by atoms with E-state index < -0.39 is 8.07 Å². The average molecular weight is 294 g/mol. The lowest BCUT2D eigenvalue weighted by atomic mass is 10.2.